The molecule has 0 spiro atoms. The van der Waals surface area contributed by atoms with E-state index in [1.807, 2.05) is 0 Å². The first-order chi connectivity index (χ1) is 11.6. The van der Waals surface area contributed by atoms with Crippen molar-refractivity contribution in [3.05, 3.63) is 19.0 Å². The summed E-state index contributed by atoms with van der Waals surface area (Å²) in [5.74, 6) is 1.12. The van der Waals surface area contributed by atoms with Crippen LogP contribution in [0.1, 0.15) is 31.7 Å². The fraction of sp³-hybridized carbons (Fsp3) is 0.588. The standard InChI is InChI=1S/C17H20Br3N3O/c1-2-24-10-5-8-22(9-6-10)17-21-15-14(20)13(19)12(18)11-4-3-7-23(17)16(11)15/h10H,2-9H2,1H3. The van der Waals surface area contributed by atoms with E-state index in [9.17, 15) is 0 Å². The van der Waals surface area contributed by atoms with E-state index >= 15 is 0 Å². The zero-order valence-corrected chi connectivity index (χ0v) is 18.4. The average molecular weight is 522 g/mol. The highest BCUT2D eigenvalue weighted by molar-refractivity contribution is 9.14. The summed E-state index contributed by atoms with van der Waals surface area (Å²) in [6, 6.07) is 0. The summed E-state index contributed by atoms with van der Waals surface area (Å²) in [7, 11) is 0. The van der Waals surface area contributed by atoms with Crippen molar-refractivity contribution in [1.82, 2.24) is 9.55 Å². The molecule has 0 aliphatic carbocycles. The first-order valence-corrected chi connectivity index (χ1v) is 10.9. The summed E-state index contributed by atoms with van der Waals surface area (Å²) in [6.45, 7) is 5.96. The van der Waals surface area contributed by atoms with Gasteiger partial charge < -0.3 is 14.2 Å². The second-order valence-corrected chi connectivity index (χ2v) is 8.81. The van der Waals surface area contributed by atoms with Gasteiger partial charge in [-0.2, -0.15) is 0 Å². The van der Waals surface area contributed by atoms with Crippen LogP contribution in [-0.2, 0) is 17.7 Å². The Labute approximate surface area is 167 Å². The highest BCUT2D eigenvalue weighted by Gasteiger charge is 2.29. The van der Waals surface area contributed by atoms with E-state index in [4.69, 9.17) is 9.72 Å². The van der Waals surface area contributed by atoms with Gasteiger partial charge in [0.15, 0.2) is 0 Å². The summed E-state index contributed by atoms with van der Waals surface area (Å²) in [6.07, 6.45) is 4.83. The number of ether oxygens (including phenoxy) is 1. The minimum atomic E-state index is 0.405. The van der Waals surface area contributed by atoms with Gasteiger partial charge >= 0.3 is 0 Å². The Bertz CT molecular complexity index is 781. The molecule has 0 N–H and O–H groups in total. The Kier molecular flexibility index (Phi) is 4.97. The van der Waals surface area contributed by atoms with Crippen LogP contribution in [0.3, 0.4) is 0 Å². The van der Waals surface area contributed by atoms with Gasteiger partial charge in [-0.1, -0.05) is 0 Å². The van der Waals surface area contributed by atoms with E-state index in [1.165, 1.54) is 11.1 Å². The van der Waals surface area contributed by atoms with Crippen molar-refractivity contribution in [2.75, 3.05) is 24.6 Å². The van der Waals surface area contributed by atoms with Crippen LogP contribution in [0.4, 0.5) is 5.95 Å². The quantitative estimate of drug-likeness (QED) is 0.515. The number of imidazole rings is 1. The molecule has 0 saturated carbocycles. The molecule has 7 heteroatoms. The van der Waals surface area contributed by atoms with Crippen LogP contribution < -0.4 is 4.90 Å². The van der Waals surface area contributed by atoms with Crippen LogP contribution in [-0.4, -0.2) is 35.4 Å². The van der Waals surface area contributed by atoms with Crippen LogP contribution in [0.25, 0.3) is 11.0 Å². The monoisotopic (exact) mass is 519 g/mol. The maximum Gasteiger partial charge on any atom is 0.206 e. The molecule has 1 saturated heterocycles. The van der Waals surface area contributed by atoms with Gasteiger partial charge in [0.1, 0.15) is 5.52 Å². The van der Waals surface area contributed by atoms with E-state index in [2.05, 4.69) is 64.2 Å². The van der Waals surface area contributed by atoms with Crippen molar-refractivity contribution in [1.29, 1.82) is 0 Å². The van der Waals surface area contributed by atoms with Crippen LogP contribution in [0.5, 0.6) is 0 Å². The second-order valence-electron chi connectivity index (χ2n) is 6.43. The number of hydrogen-bond donors (Lipinski definition) is 0. The lowest BCUT2D eigenvalue weighted by Gasteiger charge is -2.33. The molecular weight excluding hydrogens is 502 g/mol. The Morgan fingerprint density at radius 1 is 1.08 bits per heavy atom. The smallest absolute Gasteiger partial charge is 0.206 e. The van der Waals surface area contributed by atoms with E-state index in [0.717, 1.165) is 76.8 Å². The number of piperidine rings is 1. The molecule has 4 nitrogen and oxygen atoms in total. The molecule has 0 atom stereocenters. The molecule has 1 aromatic carbocycles. The Morgan fingerprint density at radius 3 is 2.54 bits per heavy atom. The number of rotatable bonds is 3. The third kappa shape index (κ3) is 2.75. The number of halogens is 3. The van der Waals surface area contributed by atoms with E-state index in [1.54, 1.807) is 0 Å². The molecule has 3 heterocycles. The van der Waals surface area contributed by atoms with Crippen molar-refractivity contribution in [3.63, 3.8) is 0 Å². The minimum absolute atomic E-state index is 0.405. The molecule has 1 aromatic heterocycles. The number of aryl methyl sites for hydroxylation is 2. The van der Waals surface area contributed by atoms with Gasteiger partial charge in [0.05, 0.1) is 16.1 Å². The largest absolute Gasteiger partial charge is 0.378 e. The SMILES string of the molecule is CCOC1CCN(c2nc3c(Br)c(Br)c(Br)c4c3n2CCC4)CC1. The number of benzene rings is 1. The summed E-state index contributed by atoms with van der Waals surface area (Å²) in [4.78, 5) is 7.46. The first kappa shape index (κ1) is 17.3. The van der Waals surface area contributed by atoms with Gasteiger partial charge in [-0.15, -0.1) is 0 Å². The van der Waals surface area contributed by atoms with Crippen LogP contribution >= 0.6 is 47.8 Å². The summed E-state index contributed by atoms with van der Waals surface area (Å²) in [5, 5.41) is 0. The first-order valence-electron chi connectivity index (χ1n) is 8.54. The zero-order chi connectivity index (χ0) is 16.8. The molecule has 0 amide bonds. The molecule has 0 radical (unpaired) electrons. The summed E-state index contributed by atoms with van der Waals surface area (Å²) >= 11 is 11.2. The van der Waals surface area contributed by atoms with E-state index in [-0.39, 0.29) is 0 Å². The lowest BCUT2D eigenvalue weighted by Crippen LogP contribution is -2.38. The Morgan fingerprint density at radius 2 is 1.83 bits per heavy atom. The normalized spacial score (nSPS) is 18.6. The van der Waals surface area contributed by atoms with E-state index in [0.29, 0.717) is 6.10 Å². The fourth-order valence-electron chi connectivity index (χ4n) is 3.89. The molecule has 24 heavy (non-hydrogen) atoms. The molecule has 4 rings (SSSR count). The van der Waals surface area contributed by atoms with Gasteiger partial charge in [-0.3, -0.25) is 0 Å². The van der Waals surface area contributed by atoms with Crippen LogP contribution in [0.2, 0.25) is 0 Å². The van der Waals surface area contributed by atoms with Crippen molar-refractivity contribution < 1.29 is 4.74 Å². The highest BCUT2D eigenvalue weighted by atomic mass is 79.9. The van der Waals surface area contributed by atoms with Gasteiger partial charge in [-0.05, 0) is 86.0 Å². The molecular formula is C17H20Br3N3O. The fourth-order valence-corrected chi connectivity index (χ4v) is 5.64. The molecule has 130 valence electrons. The summed E-state index contributed by atoms with van der Waals surface area (Å²) in [5.41, 5.74) is 3.72. The highest BCUT2D eigenvalue weighted by Crippen LogP contribution is 2.44. The topological polar surface area (TPSA) is 30.3 Å². The maximum absolute atomic E-state index is 5.79. The van der Waals surface area contributed by atoms with Crippen molar-refractivity contribution in [2.45, 2.75) is 45.3 Å². The third-order valence-electron chi connectivity index (χ3n) is 5.03. The van der Waals surface area contributed by atoms with Gasteiger partial charge in [0.2, 0.25) is 5.95 Å². The number of hydrogen-bond acceptors (Lipinski definition) is 3. The molecule has 0 bridgehead atoms. The number of anilines is 1. The lowest BCUT2D eigenvalue weighted by molar-refractivity contribution is 0.0456. The Hall–Kier alpha value is -0.110. The molecule has 1 fully saturated rings. The van der Waals surface area contributed by atoms with Crippen molar-refractivity contribution in [2.24, 2.45) is 0 Å². The predicted molar refractivity (Wildman–Crippen MR) is 108 cm³/mol. The third-order valence-corrected chi connectivity index (χ3v) is 8.53. The molecule has 2 aromatic rings. The Balaban J connectivity index is 1.76. The van der Waals surface area contributed by atoms with Crippen LogP contribution in [0.15, 0.2) is 13.4 Å². The van der Waals surface area contributed by atoms with Gasteiger partial charge in [-0.25, -0.2) is 4.98 Å². The molecule has 2 aliphatic heterocycles. The van der Waals surface area contributed by atoms with Crippen molar-refractivity contribution in [3.8, 4) is 0 Å². The van der Waals surface area contributed by atoms with Gasteiger partial charge in [0, 0.05) is 35.2 Å². The van der Waals surface area contributed by atoms with Crippen LogP contribution in [0, 0.1) is 0 Å². The minimum Gasteiger partial charge on any atom is -0.378 e. The lowest BCUT2D eigenvalue weighted by atomic mass is 10.0. The van der Waals surface area contributed by atoms with Crippen molar-refractivity contribution >= 4 is 64.8 Å². The maximum atomic E-state index is 5.79. The van der Waals surface area contributed by atoms with Gasteiger partial charge in [0.25, 0.3) is 0 Å². The number of aromatic nitrogens is 2. The molecule has 2 aliphatic rings. The second kappa shape index (κ2) is 6.89. The molecule has 0 unspecified atom stereocenters. The summed E-state index contributed by atoms with van der Waals surface area (Å²) < 4.78 is 11.5. The zero-order valence-electron chi connectivity index (χ0n) is 13.6. The van der Waals surface area contributed by atoms with E-state index < -0.39 is 0 Å². The average Bonchev–Trinajstić information content (AvgIpc) is 2.99. The predicted octanol–water partition coefficient (Wildman–Crippen LogP) is 5.28. The number of nitrogens with zero attached hydrogens (tertiary/aromatic N) is 3.